The van der Waals surface area contributed by atoms with Crippen molar-refractivity contribution >= 4 is 10.9 Å². The summed E-state index contributed by atoms with van der Waals surface area (Å²) in [4.78, 5) is 7.82. The van der Waals surface area contributed by atoms with Crippen LogP contribution in [-0.2, 0) is 13.1 Å². The van der Waals surface area contributed by atoms with Crippen molar-refractivity contribution in [3.63, 3.8) is 0 Å². The zero-order valence-electron chi connectivity index (χ0n) is 14.4. The van der Waals surface area contributed by atoms with Crippen LogP contribution < -0.4 is 0 Å². The SMILES string of the molecule is CCn1ccc2c(CN3CCN4CCN(C)C[C@@H]4C3)cccc21. The normalized spacial score (nSPS) is 24.2. The van der Waals surface area contributed by atoms with E-state index in [0.717, 1.165) is 13.1 Å². The molecule has 2 aromatic rings. The topological polar surface area (TPSA) is 14.7 Å². The van der Waals surface area contributed by atoms with E-state index in [2.05, 4.69) is 63.7 Å². The number of nitrogens with zero attached hydrogens (tertiary/aromatic N) is 4. The molecule has 2 aliphatic rings. The van der Waals surface area contributed by atoms with Crippen molar-refractivity contribution in [1.82, 2.24) is 19.3 Å². The van der Waals surface area contributed by atoms with Gasteiger partial charge in [-0.2, -0.15) is 0 Å². The molecule has 1 atom stereocenters. The standard InChI is InChI=1S/C19H28N4/c1-3-22-8-7-18-16(5-4-6-19(18)22)13-21-10-12-23-11-9-20(2)14-17(23)15-21/h4-8,17H,3,9-15H2,1-2H3/t17-/m1/s1. The van der Waals surface area contributed by atoms with E-state index in [4.69, 9.17) is 0 Å². The Bertz CT molecular complexity index is 677. The van der Waals surface area contributed by atoms with Crippen molar-refractivity contribution in [2.24, 2.45) is 0 Å². The minimum atomic E-state index is 0.710. The molecule has 0 unspecified atom stereocenters. The number of benzene rings is 1. The minimum absolute atomic E-state index is 0.710. The Labute approximate surface area is 139 Å². The van der Waals surface area contributed by atoms with Gasteiger partial charge in [-0.1, -0.05) is 12.1 Å². The van der Waals surface area contributed by atoms with E-state index < -0.39 is 0 Å². The lowest BCUT2D eigenvalue weighted by atomic mass is 10.1. The molecular formula is C19H28N4. The first-order valence-electron chi connectivity index (χ1n) is 8.96. The van der Waals surface area contributed by atoms with E-state index in [-0.39, 0.29) is 0 Å². The molecule has 1 aromatic heterocycles. The van der Waals surface area contributed by atoms with Gasteiger partial charge in [0.15, 0.2) is 0 Å². The van der Waals surface area contributed by atoms with Gasteiger partial charge in [0.05, 0.1) is 0 Å². The molecule has 4 nitrogen and oxygen atoms in total. The third kappa shape index (κ3) is 2.91. The van der Waals surface area contributed by atoms with Gasteiger partial charge in [-0.05, 0) is 31.7 Å². The lowest BCUT2D eigenvalue weighted by molar-refractivity contribution is 0.0176. The van der Waals surface area contributed by atoms with E-state index >= 15 is 0 Å². The second-order valence-electron chi connectivity index (χ2n) is 7.14. The Balaban J connectivity index is 1.51. The summed E-state index contributed by atoms with van der Waals surface area (Å²) >= 11 is 0. The summed E-state index contributed by atoms with van der Waals surface area (Å²) in [7, 11) is 2.25. The van der Waals surface area contributed by atoms with Gasteiger partial charge < -0.3 is 9.47 Å². The van der Waals surface area contributed by atoms with Crippen LogP contribution in [0.1, 0.15) is 12.5 Å². The first-order chi connectivity index (χ1) is 11.2. The summed E-state index contributed by atoms with van der Waals surface area (Å²) in [6.07, 6.45) is 2.22. The maximum absolute atomic E-state index is 2.69. The highest BCUT2D eigenvalue weighted by Crippen LogP contribution is 2.23. The summed E-state index contributed by atoms with van der Waals surface area (Å²) in [5.41, 5.74) is 2.85. The molecule has 124 valence electrons. The number of rotatable bonds is 3. The van der Waals surface area contributed by atoms with Crippen molar-refractivity contribution in [2.45, 2.75) is 26.1 Å². The third-order valence-electron chi connectivity index (χ3n) is 5.62. The number of piperazine rings is 2. The molecule has 4 heteroatoms. The number of hydrogen-bond donors (Lipinski definition) is 0. The molecule has 0 radical (unpaired) electrons. The van der Waals surface area contributed by atoms with Gasteiger partial charge >= 0.3 is 0 Å². The maximum atomic E-state index is 2.69. The van der Waals surface area contributed by atoms with Gasteiger partial charge in [0.2, 0.25) is 0 Å². The molecule has 23 heavy (non-hydrogen) atoms. The average molecular weight is 312 g/mol. The van der Waals surface area contributed by atoms with Crippen molar-refractivity contribution < 1.29 is 0 Å². The van der Waals surface area contributed by atoms with Crippen LogP contribution in [-0.4, -0.2) is 71.6 Å². The predicted octanol–water partition coefficient (Wildman–Crippen LogP) is 2.09. The molecule has 2 fully saturated rings. The predicted molar refractivity (Wildman–Crippen MR) is 95.7 cm³/mol. The van der Waals surface area contributed by atoms with Gasteiger partial charge in [-0.25, -0.2) is 0 Å². The number of hydrogen-bond acceptors (Lipinski definition) is 3. The molecule has 1 aromatic carbocycles. The summed E-state index contributed by atoms with van der Waals surface area (Å²) in [5.74, 6) is 0. The van der Waals surface area contributed by atoms with Crippen LogP contribution in [0.3, 0.4) is 0 Å². The number of aromatic nitrogens is 1. The summed E-state index contributed by atoms with van der Waals surface area (Å²) in [5, 5.41) is 1.43. The van der Waals surface area contributed by atoms with Crippen LogP contribution in [0.4, 0.5) is 0 Å². The van der Waals surface area contributed by atoms with Crippen LogP contribution in [0, 0.1) is 0 Å². The summed E-state index contributed by atoms with van der Waals surface area (Å²) in [6.45, 7) is 11.6. The average Bonchev–Trinajstić information content (AvgIpc) is 2.98. The zero-order chi connectivity index (χ0) is 15.8. The van der Waals surface area contributed by atoms with Crippen LogP contribution in [0.25, 0.3) is 10.9 Å². The van der Waals surface area contributed by atoms with Gasteiger partial charge in [0, 0.05) is 75.5 Å². The molecule has 2 saturated heterocycles. The Morgan fingerprint density at radius 3 is 2.78 bits per heavy atom. The first-order valence-corrected chi connectivity index (χ1v) is 8.96. The van der Waals surface area contributed by atoms with Crippen LogP contribution in [0.15, 0.2) is 30.5 Å². The monoisotopic (exact) mass is 312 g/mol. The third-order valence-corrected chi connectivity index (χ3v) is 5.62. The Hall–Kier alpha value is -1.36. The molecular weight excluding hydrogens is 284 g/mol. The zero-order valence-corrected chi connectivity index (χ0v) is 14.4. The van der Waals surface area contributed by atoms with E-state index in [1.807, 2.05) is 0 Å². The second-order valence-corrected chi connectivity index (χ2v) is 7.14. The van der Waals surface area contributed by atoms with Crippen LogP contribution in [0.5, 0.6) is 0 Å². The minimum Gasteiger partial charge on any atom is -0.348 e. The first kappa shape index (κ1) is 15.2. The number of aryl methyl sites for hydroxylation is 1. The quantitative estimate of drug-likeness (QED) is 0.862. The molecule has 4 rings (SSSR count). The van der Waals surface area contributed by atoms with E-state index in [1.165, 1.54) is 55.7 Å². The Morgan fingerprint density at radius 2 is 1.91 bits per heavy atom. The highest BCUT2D eigenvalue weighted by Gasteiger charge is 2.30. The highest BCUT2D eigenvalue weighted by molar-refractivity contribution is 5.83. The smallest absolute Gasteiger partial charge is 0.0483 e. The Morgan fingerprint density at radius 1 is 1.04 bits per heavy atom. The second kappa shape index (κ2) is 6.27. The summed E-state index contributed by atoms with van der Waals surface area (Å²) in [6, 6.07) is 9.77. The van der Waals surface area contributed by atoms with Gasteiger partial charge in [-0.15, -0.1) is 0 Å². The fourth-order valence-corrected chi connectivity index (χ4v) is 4.26. The van der Waals surface area contributed by atoms with Crippen LogP contribution >= 0.6 is 0 Å². The molecule has 2 aliphatic heterocycles. The fraction of sp³-hybridized carbons (Fsp3) is 0.579. The van der Waals surface area contributed by atoms with Gasteiger partial charge in [-0.3, -0.25) is 9.80 Å². The van der Waals surface area contributed by atoms with Crippen molar-refractivity contribution in [2.75, 3.05) is 46.3 Å². The molecule has 3 heterocycles. The van der Waals surface area contributed by atoms with Crippen molar-refractivity contribution in [1.29, 1.82) is 0 Å². The molecule has 0 saturated carbocycles. The van der Waals surface area contributed by atoms with Crippen molar-refractivity contribution in [3.05, 3.63) is 36.0 Å². The molecule has 0 amide bonds. The lowest BCUT2D eigenvalue weighted by Gasteiger charge is -2.46. The van der Waals surface area contributed by atoms with Crippen molar-refractivity contribution in [3.8, 4) is 0 Å². The molecule has 0 spiro atoms. The van der Waals surface area contributed by atoms with E-state index in [0.29, 0.717) is 6.04 Å². The number of likely N-dealkylation sites (N-methyl/N-ethyl adjacent to an activating group) is 1. The van der Waals surface area contributed by atoms with Gasteiger partial charge in [0.25, 0.3) is 0 Å². The number of fused-ring (bicyclic) bond motifs is 2. The highest BCUT2D eigenvalue weighted by atomic mass is 15.3. The van der Waals surface area contributed by atoms with Crippen LogP contribution in [0.2, 0.25) is 0 Å². The fourth-order valence-electron chi connectivity index (χ4n) is 4.26. The maximum Gasteiger partial charge on any atom is 0.0483 e. The summed E-state index contributed by atoms with van der Waals surface area (Å²) < 4.78 is 2.34. The molecule has 0 aliphatic carbocycles. The van der Waals surface area contributed by atoms with E-state index in [1.54, 1.807) is 0 Å². The van der Waals surface area contributed by atoms with E-state index in [9.17, 15) is 0 Å². The lowest BCUT2D eigenvalue weighted by Crippen LogP contribution is -2.61. The molecule has 0 bridgehead atoms. The molecule has 0 N–H and O–H groups in total. The van der Waals surface area contributed by atoms with Gasteiger partial charge in [0.1, 0.15) is 0 Å². The largest absolute Gasteiger partial charge is 0.348 e. The Kier molecular flexibility index (Phi) is 4.14.